The average molecular weight is 162 g/mol. The summed E-state index contributed by atoms with van der Waals surface area (Å²) in [5, 5.41) is 0.346. The fourth-order valence-corrected chi connectivity index (χ4v) is 0.766. The van der Waals surface area contributed by atoms with Crippen LogP contribution in [0.15, 0.2) is 16.5 Å². The predicted molar refractivity (Wildman–Crippen MR) is 37.4 cm³/mol. The SMILES string of the molecule is CC(ON)c1ccc(Cl)o1. The molecule has 0 fully saturated rings. The van der Waals surface area contributed by atoms with Gasteiger partial charge in [0.25, 0.3) is 0 Å². The summed E-state index contributed by atoms with van der Waals surface area (Å²) in [5.41, 5.74) is 0. The smallest absolute Gasteiger partial charge is 0.193 e. The van der Waals surface area contributed by atoms with E-state index >= 15 is 0 Å². The van der Waals surface area contributed by atoms with E-state index < -0.39 is 0 Å². The van der Waals surface area contributed by atoms with Crippen LogP contribution in [0.3, 0.4) is 0 Å². The average Bonchev–Trinajstić information content (AvgIpc) is 2.34. The van der Waals surface area contributed by atoms with Gasteiger partial charge < -0.3 is 4.42 Å². The van der Waals surface area contributed by atoms with Crippen molar-refractivity contribution < 1.29 is 9.25 Å². The summed E-state index contributed by atoms with van der Waals surface area (Å²) in [6.45, 7) is 1.77. The fourth-order valence-electron chi connectivity index (χ4n) is 0.614. The molecule has 0 aromatic carbocycles. The van der Waals surface area contributed by atoms with Crippen LogP contribution in [0.4, 0.5) is 0 Å². The lowest BCUT2D eigenvalue weighted by Gasteiger charge is -2.02. The maximum absolute atomic E-state index is 5.50. The van der Waals surface area contributed by atoms with E-state index in [0.717, 1.165) is 0 Å². The molecule has 3 nitrogen and oxygen atoms in total. The Labute approximate surface area is 63.7 Å². The van der Waals surface area contributed by atoms with Gasteiger partial charge in [-0.05, 0) is 30.7 Å². The first-order chi connectivity index (χ1) is 4.74. The fraction of sp³-hybridized carbons (Fsp3) is 0.333. The minimum absolute atomic E-state index is 0.243. The first-order valence-corrected chi connectivity index (χ1v) is 3.22. The molecule has 1 rings (SSSR count). The van der Waals surface area contributed by atoms with E-state index in [1.54, 1.807) is 19.1 Å². The second-order valence-corrected chi connectivity index (χ2v) is 2.29. The third-order valence-corrected chi connectivity index (χ3v) is 1.40. The molecule has 1 aromatic rings. The maximum atomic E-state index is 5.50. The van der Waals surface area contributed by atoms with Crippen LogP contribution in [0.5, 0.6) is 0 Å². The van der Waals surface area contributed by atoms with E-state index in [0.29, 0.717) is 11.0 Å². The molecule has 4 heteroatoms. The standard InChI is InChI=1S/C6H8ClNO2/c1-4(10-8)5-2-3-6(7)9-5/h2-4H,8H2,1H3. The largest absolute Gasteiger partial charge is 0.447 e. The molecule has 0 saturated heterocycles. The summed E-state index contributed by atoms with van der Waals surface area (Å²) < 4.78 is 5.00. The summed E-state index contributed by atoms with van der Waals surface area (Å²) in [5.74, 6) is 5.54. The zero-order valence-corrected chi connectivity index (χ0v) is 6.26. The normalized spacial score (nSPS) is 13.5. The van der Waals surface area contributed by atoms with Crippen molar-refractivity contribution in [2.45, 2.75) is 13.0 Å². The molecule has 10 heavy (non-hydrogen) atoms. The van der Waals surface area contributed by atoms with E-state index in [1.807, 2.05) is 0 Å². The first kappa shape index (κ1) is 7.60. The van der Waals surface area contributed by atoms with Crippen LogP contribution in [0.25, 0.3) is 0 Å². The van der Waals surface area contributed by atoms with Gasteiger partial charge in [0.2, 0.25) is 0 Å². The predicted octanol–water partition coefficient (Wildman–Crippen LogP) is 1.88. The number of halogens is 1. The molecule has 0 spiro atoms. The van der Waals surface area contributed by atoms with Crippen molar-refractivity contribution in [3.63, 3.8) is 0 Å². The molecule has 1 heterocycles. The lowest BCUT2D eigenvalue weighted by Crippen LogP contribution is -2.03. The van der Waals surface area contributed by atoms with E-state index in [1.165, 1.54) is 0 Å². The monoisotopic (exact) mass is 161 g/mol. The number of hydrogen-bond acceptors (Lipinski definition) is 3. The van der Waals surface area contributed by atoms with Gasteiger partial charge in [0.1, 0.15) is 11.9 Å². The zero-order valence-electron chi connectivity index (χ0n) is 5.50. The molecule has 2 N–H and O–H groups in total. The Morgan fingerprint density at radius 2 is 2.40 bits per heavy atom. The number of hydrogen-bond donors (Lipinski definition) is 1. The highest BCUT2D eigenvalue weighted by Crippen LogP contribution is 2.20. The molecule has 0 aliphatic carbocycles. The Morgan fingerprint density at radius 3 is 2.80 bits per heavy atom. The lowest BCUT2D eigenvalue weighted by molar-refractivity contribution is 0.0509. The van der Waals surface area contributed by atoms with Gasteiger partial charge in [0.05, 0.1) is 0 Å². The number of furan rings is 1. The minimum Gasteiger partial charge on any atom is -0.447 e. The molecular formula is C6H8ClNO2. The second kappa shape index (κ2) is 3.05. The van der Waals surface area contributed by atoms with Crippen molar-refractivity contribution in [1.29, 1.82) is 0 Å². The highest BCUT2D eigenvalue weighted by Gasteiger charge is 2.07. The van der Waals surface area contributed by atoms with Crippen LogP contribution in [0.1, 0.15) is 18.8 Å². The Morgan fingerprint density at radius 1 is 1.70 bits per heavy atom. The van der Waals surface area contributed by atoms with Gasteiger partial charge in [0.15, 0.2) is 5.22 Å². The molecule has 0 radical (unpaired) electrons. The molecule has 1 unspecified atom stereocenters. The summed E-state index contributed by atoms with van der Waals surface area (Å²) in [4.78, 5) is 4.50. The third-order valence-electron chi connectivity index (χ3n) is 1.20. The molecule has 0 saturated carbocycles. The highest BCUT2D eigenvalue weighted by molar-refractivity contribution is 6.28. The van der Waals surface area contributed by atoms with Gasteiger partial charge in [-0.25, -0.2) is 5.90 Å². The first-order valence-electron chi connectivity index (χ1n) is 2.85. The van der Waals surface area contributed by atoms with Gasteiger partial charge >= 0.3 is 0 Å². The molecule has 1 atom stereocenters. The van der Waals surface area contributed by atoms with Gasteiger partial charge in [-0.1, -0.05) is 0 Å². The van der Waals surface area contributed by atoms with E-state index in [-0.39, 0.29) is 6.10 Å². The van der Waals surface area contributed by atoms with Crippen LogP contribution in [0, 0.1) is 0 Å². The number of nitrogens with two attached hydrogens (primary N) is 1. The van der Waals surface area contributed by atoms with E-state index in [4.69, 9.17) is 21.9 Å². The van der Waals surface area contributed by atoms with E-state index in [9.17, 15) is 0 Å². The van der Waals surface area contributed by atoms with Crippen molar-refractivity contribution >= 4 is 11.6 Å². The molecule has 56 valence electrons. The topological polar surface area (TPSA) is 48.4 Å². The molecule has 0 aliphatic rings. The molecule has 0 aliphatic heterocycles. The third kappa shape index (κ3) is 1.50. The molecule has 0 amide bonds. The molecule has 1 aromatic heterocycles. The Kier molecular flexibility index (Phi) is 2.32. The van der Waals surface area contributed by atoms with Gasteiger partial charge in [-0.3, -0.25) is 4.84 Å². The van der Waals surface area contributed by atoms with E-state index in [2.05, 4.69) is 4.84 Å². The lowest BCUT2D eigenvalue weighted by atomic mass is 10.3. The van der Waals surface area contributed by atoms with Crippen molar-refractivity contribution in [3.8, 4) is 0 Å². The Bertz CT molecular complexity index is 211. The highest BCUT2D eigenvalue weighted by atomic mass is 35.5. The maximum Gasteiger partial charge on any atom is 0.193 e. The van der Waals surface area contributed by atoms with Gasteiger partial charge in [0, 0.05) is 0 Å². The van der Waals surface area contributed by atoms with Crippen LogP contribution in [-0.2, 0) is 4.84 Å². The molecular weight excluding hydrogens is 154 g/mol. The van der Waals surface area contributed by atoms with Crippen molar-refractivity contribution in [1.82, 2.24) is 0 Å². The van der Waals surface area contributed by atoms with Gasteiger partial charge in [-0.15, -0.1) is 0 Å². The Balaban J connectivity index is 2.74. The summed E-state index contributed by atoms with van der Waals surface area (Å²) in [6, 6.07) is 3.37. The second-order valence-electron chi connectivity index (χ2n) is 1.92. The van der Waals surface area contributed by atoms with Crippen molar-refractivity contribution in [2.75, 3.05) is 0 Å². The van der Waals surface area contributed by atoms with Gasteiger partial charge in [-0.2, -0.15) is 0 Å². The zero-order chi connectivity index (χ0) is 7.56. The quantitative estimate of drug-likeness (QED) is 0.674. The Hall–Kier alpha value is -0.510. The van der Waals surface area contributed by atoms with Crippen LogP contribution in [0.2, 0.25) is 5.22 Å². The summed E-state index contributed by atoms with van der Waals surface area (Å²) >= 11 is 5.50. The minimum atomic E-state index is -0.243. The van der Waals surface area contributed by atoms with Crippen LogP contribution in [-0.4, -0.2) is 0 Å². The van der Waals surface area contributed by atoms with Crippen molar-refractivity contribution in [3.05, 3.63) is 23.1 Å². The van der Waals surface area contributed by atoms with Crippen LogP contribution < -0.4 is 5.90 Å². The van der Waals surface area contributed by atoms with Crippen molar-refractivity contribution in [2.24, 2.45) is 5.90 Å². The van der Waals surface area contributed by atoms with Crippen LogP contribution >= 0.6 is 11.6 Å². The molecule has 0 bridgehead atoms. The summed E-state index contributed by atoms with van der Waals surface area (Å²) in [6.07, 6.45) is -0.243. The summed E-state index contributed by atoms with van der Waals surface area (Å²) in [7, 11) is 0. The number of rotatable bonds is 2.